The first-order valence-corrected chi connectivity index (χ1v) is 14.7. The lowest BCUT2D eigenvalue weighted by Gasteiger charge is -2.32. The number of hydrogen-bond donors (Lipinski definition) is 2. The van der Waals surface area contributed by atoms with Crippen molar-refractivity contribution in [2.75, 3.05) is 0 Å². The fourth-order valence-corrected chi connectivity index (χ4v) is 3.91. The molecule has 0 heterocycles. The van der Waals surface area contributed by atoms with Crippen LogP contribution in [0.15, 0.2) is 18.2 Å². The molecular weight excluding hydrogens is 562 g/mol. The Bertz CT molecular complexity index is 1100. The zero-order valence-electron chi connectivity index (χ0n) is 27.1. The molecule has 43 heavy (non-hydrogen) atoms. The van der Waals surface area contributed by atoms with Crippen molar-refractivity contribution in [3.63, 3.8) is 0 Å². The summed E-state index contributed by atoms with van der Waals surface area (Å²) in [6, 6.07) is 2.72. The van der Waals surface area contributed by atoms with E-state index >= 15 is 0 Å². The third kappa shape index (κ3) is 12.3. The van der Waals surface area contributed by atoms with Gasteiger partial charge in [0.15, 0.2) is 11.5 Å². The zero-order valence-corrected chi connectivity index (χ0v) is 27.1. The first kappa shape index (κ1) is 37.5. The van der Waals surface area contributed by atoms with Crippen LogP contribution in [0.1, 0.15) is 106 Å². The van der Waals surface area contributed by atoms with Gasteiger partial charge in [-0.25, -0.2) is 14.4 Å². The molecule has 12 heteroatoms. The highest BCUT2D eigenvalue weighted by atomic mass is 16.8. The average Bonchev–Trinajstić information content (AvgIpc) is 2.89. The molecule has 0 aliphatic carbocycles. The van der Waals surface area contributed by atoms with Gasteiger partial charge in [0.05, 0.1) is 0 Å². The first-order chi connectivity index (χ1) is 19.9. The van der Waals surface area contributed by atoms with E-state index in [1.165, 1.54) is 18.2 Å². The maximum Gasteiger partial charge on any atom is 0.514 e. The topological polar surface area (TPSA) is 170 Å². The van der Waals surface area contributed by atoms with Gasteiger partial charge >= 0.3 is 24.4 Å². The van der Waals surface area contributed by atoms with Gasteiger partial charge in [-0.05, 0) is 78.5 Å². The van der Waals surface area contributed by atoms with Crippen LogP contribution in [0.25, 0.3) is 0 Å². The third-order valence-electron chi connectivity index (χ3n) is 7.42. The van der Waals surface area contributed by atoms with Crippen molar-refractivity contribution in [2.45, 2.75) is 130 Å². The van der Waals surface area contributed by atoms with E-state index in [4.69, 9.17) is 34.2 Å². The molecule has 5 atom stereocenters. The summed E-state index contributed by atoms with van der Waals surface area (Å²) in [7, 11) is 0. The minimum atomic E-state index is -1.45. The van der Waals surface area contributed by atoms with Crippen LogP contribution in [0, 0.1) is 5.92 Å². The summed E-state index contributed by atoms with van der Waals surface area (Å²) in [5.74, 6) is -3.29. The molecule has 1 rings (SSSR count). The van der Waals surface area contributed by atoms with Crippen LogP contribution in [0.4, 0.5) is 14.4 Å². The zero-order chi connectivity index (χ0) is 33.1. The molecule has 0 fully saturated rings. The van der Waals surface area contributed by atoms with Gasteiger partial charge < -0.3 is 39.3 Å². The van der Waals surface area contributed by atoms with Gasteiger partial charge in [-0.1, -0.05) is 40.2 Å². The van der Waals surface area contributed by atoms with Crippen molar-refractivity contribution >= 4 is 24.4 Å². The first-order valence-electron chi connectivity index (χ1n) is 14.7. The fraction of sp³-hybridized carbons (Fsp3) is 0.677. The Hall–Kier alpha value is -3.54. The van der Waals surface area contributed by atoms with E-state index in [0.29, 0.717) is 24.8 Å². The second-order valence-electron chi connectivity index (χ2n) is 11.9. The van der Waals surface area contributed by atoms with Crippen molar-refractivity contribution in [1.29, 1.82) is 0 Å². The van der Waals surface area contributed by atoms with Crippen LogP contribution in [-0.4, -0.2) is 59.0 Å². The largest absolute Gasteiger partial charge is 0.514 e. The quantitative estimate of drug-likeness (QED) is 0.119. The normalized spacial score (nSPS) is 15.2. The van der Waals surface area contributed by atoms with E-state index in [0.717, 1.165) is 6.42 Å². The van der Waals surface area contributed by atoms with E-state index in [2.05, 4.69) is 0 Å². The predicted octanol–water partition coefficient (Wildman–Crippen LogP) is 6.96. The smallest absolute Gasteiger partial charge is 0.480 e. The number of benzene rings is 1. The van der Waals surface area contributed by atoms with Crippen molar-refractivity contribution in [2.24, 2.45) is 11.7 Å². The molecule has 1 aromatic carbocycles. The molecule has 0 spiro atoms. The van der Waals surface area contributed by atoms with E-state index in [9.17, 15) is 24.3 Å². The molecule has 244 valence electrons. The van der Waals surface area contributed by atoms with E-state index in [1.807, 2.05) is 20.8 Å². The predicted molar refractivity (Wildman–Crippen MR) is 158 cm³/mol. The monoisotopic (exact) mass is 611 g/mol. The molecule has 3 N–H and O–H groups in total. The number of carboxylic acids is 1. The van der Waals surface area contributed by atoms with Gasteiger partial charge in [0.25, 0.3) is 0 Å². The minimum Gasteiger partial charge on any atom is -0.480 e. The minimum absolute atomic E-state index is 0.167. The Morgan fingerprint density at radius 3 is 1.79 bits per heavy atom. The molecule has 1 aromatic rings. The van der Waals surface area contributed by atoms with Crippen molar-refractivity contribution in [3.05, 3.63) is 23.8 Å². The number of nitrogens with two attached hydrogens (primary N) is 1. The second-order valence-corrected chi connectivity index (χ2v) is 11.9. The van der Waals surface area contributed by atoms with Gasteiger partial charge in [0.1, 0.15) is 29.5 Å². The number of carbonyl (C=O) groups excluding carboxylic acids is 3. The molecule has 0 saturated heterocycles. The van der Waals surface area contributed by atoms with Crippen LogP contribution in [0.2, 0.25) is 0 Å². The number of carbonyl (C=O) groups is 4. The standard InChI is InChI=1S/C31H49NO11/c1-11-14-18(4)38-27(35)39-20(6)19(5)24(25(32)26(33)34)21-15-16-22(40-28(36)42-30(7,8)12-2)23(17-21)41-29(37)43-31(9,10)13-3/h15-20,24-25H,11-14,32H2,1-10H3,(H,33,34)/t18?,19?,20?,24?,25-/m0/s1. The summed E-state index contributed by atoms with van der Waals surface area (Å²) in [4.78, 5) is 49.7. The Labute approximate surface area is 254 Å². The number of rotatable bonds is 15. The highest BCUT2D eigenvalue weighted by molar-refractivity contribution is 5.75. The number of carboxylic acid groups (broad SMARTS) is 1. The Morgan fingerprint density at radius 2 is 1.33 bits per heavy atom. The van der Waals surface area contributed by atoms with Crippen molar-refractivity contribution < 1.29 is 52.7 Å². The van der Waals surface area contributed by atoms with Crippen LogP contribution in [0.5, 0.6) is 11.5 Å². The van der Waals surface area contributed by atoms with Crippen LogP contribution < -0.4 is 15.2 Å². The molecule has 12 nitrogen and oxygen atoms in total. The van der Waals surface area contributed by atoms with Crippen molar-refractivity contribution in [1.82, 2.24) is 0 Å². The van der Waals surface area contributed by atoms with Crippen molar-refractivity contribution in [3.8, 4) is 11.5 Å². The molecule has 0 amide bonds. The molecule has 0 radical (unpaired) electrons. The van der Waals surface area contributed by atoms with Crippen LogP contribution >= 0.6 is 0 Å². The summed E-state index contributed by atoms with van der Waals surface area (Å²) in [5, 5.41) is 9.83. The van der Waals surface area contributed by atoms with Crippen LogP contribution in [-0.2, 0) is 23.7 Å². The Morgan fingerprint density at radius 1 is 0.814 bits per heavy atom. The average molecular weight is 612 g/mol. The third-order valence-corrected chi connectivity index (χ3v) is 7.42. The molecule has 0 bridgehead atoms. The molecule has 0 aliphatic rings. The van der Waals surface area contributed by atoms with Gasteiger partial charge in [-0.3, -0.25) is 4.79 Å². The summed E-state index contributed by atoms with van der Waals surface area (Å²) < 4.78 is 32.3. The van der Waals surface area contributed by atoms with E-state index in [1.54, 1.807) is 48.5 Å². The highest BCUT2D eigenvalue weighted by Crippen LogP contribution is 2.38. The molecule has 0 aliphatic heterocycles. The summed E-state index contributed by atoms with van der Waals surface area (Å²) in [5.41, 5.74) is 4.78. The second kappa shape index (κ2) is 16.3. The maximum absolute atomic E-state index is 12.7. The fourth-order valence-electron chi connectivity index (χ4n) is 3.91. The van der Waals surface area contributed by atoms with Gasteiger partial charge in [-0.15, -0.1) is 0 Å². The van der Waals surface area contributed by atoms with Crippen LogP contribution in [0.3, 0.4) is 0 Å². The Kier molecular flexibility index (Phi) is 14.2. The van der Waals surface area contributed by atoms with E-state index < -0.39 is 59.6 Å². The van der Waals surface area contributed by atoms with Gasteiger partial charge in [0.2, 0.25) is 0 Å². The molecule has 4 unspecified atom stereocenters. The lowest BCUT2D eigenvalue weighted by atomic mass is 9.79. The summed E-state index contributed by atoms with van der Waals surface area (Å²) >= 11 is 0. The van der Waals surface area contributed by atoms with E-state index in [-0.39, 0.29) is 17.6 Å². The lowest BCUT2D eigenvalue weighted by Crippen LogP contribution is -2.43. The molecule has 0 aromatic heterocycles. The molecular formula is C31H49NO11. The maximum atomic E-state index is 12.7. The van der Waals surface area contributed by atoms with Gasteiger partial charge in [0, 0.05) is 11.8 Å². The number of aliphatic carboxylic acids is 1. The molecule has 0 saturated carbocycles. The summed E-state index contributed by atoms with van der Waals surface area (Å²) in [6.07, 6.45) is -1.67. The number of ether oxygens (including phenoxy) is 6. The lowest BCUT2D eigenvalue weighted by molar-refractivity contribution is -0.139. The summed E-state index contributed by atoms with van der Waals surface area (Å²) in [6.45, 7) is 17.5. The SMILES string of the molecule is CCCC(C)OC(=O)OC(C)C(C)C(c1ccc(OC(=O)OC(C)(C)CC)c(OC(=O)OC(C)(C)CC)c1)[C@H](N)C(=O)O. The number of hydrogen-bond acceptors (Lipinski definition) is 11. The van der Waals surface area contributed by atoms with Gasteiger partial charge in [-0.2, -0.15) is 0 Å². The highest BCUT2D eigenvalue weighted by Gasteiger charge is 2.36. The Balaban J connectivity index is 3.48.